The Hall–Kier alpha value is -0.680. The first kappa shape index (κ1) is 8.90. The largest absolute Gasteiger partial charge is 0.197 e. The van der Waals surface area contributed by atoms with Crippen molar-refractivity contribution in [1.29, 1.82) is 0 Å². The Balaban J connectivity index is 2.53. The van der Waals surface area contributed by atoms with Crippen molar-refractivity contribution in [1.82, 2.24) is 15.4 Å². The fourth-order valence-electron chi connectivity index (χ4n) is 1.04. The monoisotopic (exact) mass is 301 g/mol. The number of aromatic amines is 1. The van der Waals surface area contributed by atoms with E-state index in [9.17, 15) is 0 Å². The Morgan fingerprint density at radius 1 is 1.08 bits per heavy atom. The second-order valence-corrected chi connectivity index (χ2v) is 4.34. The van der Waals surface area contributed by atoms with Crippen LogP contribution in [0.2, 0.25) is 0 Å². The minimum absolute atomic E-state index is 0.835. The average molecular weight is 303 g/mol. The summed E-state index contributed by atoms with van der Waals surface area (Å²) < 4.78 is 2.03. The molecule has 1 heterocycles. The number of rotatable bonds is 1. The van der Waals surface area contributed by atoms with Gasteiger partial charge in [0, 0.05) is 14.5 Å². The number of hydrogen-bond donors (Lipinski definition) is 1. The molecule has 5 heteroatoms. The van der Waals surface area contributed by atoms with Gasteiger partial charge in [0.2, 0.25) is 0 Å². The minimum atomic E-state index is 0.835. The molecule has 0 fully saturated rings. The normalized spacial score (nSPS) is 10.3. The Kier molecular flexibility index (Phi) is 2.46. The van der Waals surface area contributed by atoms with Gasteiger partial charge in [-0.25, -0.2) is 0 Å². The van der Waals surface area contributed by atoms with E-state index in [0.717, 1.165) is 20.2 Å². The van der Waals surface area contributed by atoms with Crippen molar-refractivity contribution >= 4 is 31.9 Å². The third-order valence-electron chi connectivity index (χ3n) is 1.57. The zero-order valence-electron chi connectivity index (χ0n) is 6.46. The van der Waals surface area contributed by atoms with Crippen LogP contribution >= 0.6 is 31.9 Å². The topological polar surface area (TPSA) is 41.6 Å². The number of nitrogens with zero attached hydrogens (tertiary/aromatic N) is 2. The van der Waals surface area contributed by atoms with Crippen LogP contribution in [0.1, 0.15) is 0 Å². The van der Waals surface area contributed by atoms with Gasteiger partial charge in [-0.05, 0) is 18.2 Å². The number of halogens is 2. The highest BCUT2D eigenvalue weighted by Crippen LogP contribution is 2.25. The van der Waals surface area contributed by atoms with E-state index in [1.165, 1.54) is 0 Å². The van der Waals surface area contributed by atoms with Gasteiger partial charge < -0.3 is 0 Å². The summed E-state index contributed by atoms with van der Waals surface area (Å²) >= 11 is 6.82. The predicted octanol–water partition coefficient (Wildman–Crippen LogP) is 3.00. The molecule has 2 aromatic rings. The SMILES string of the molecule is Brc1cc(Br)cc(-c2cn[nH]n2)c1. The lowest BCUT2D eigenvalue weighted by atomic mass is 10.2. The number of hydrogen-bond acceptors (Lipinski definition) is 2. The maximum atomic E-state index is 3.99. The number of aromatic nitrogens is 3. The average Bonchev–Trinajstić information content (AvgIpc) is 2.53. The third-order valence-corrected chi connectivity index (χ3v) is 2.49. The molecule has 0 aliphatic rings. The second kappa shape index (κ2) is 3.59. The maximum Gasteiger partial charge on any atom is 0.112 e. The highest BCUT2D eigenvalue weighted by atomic mass is 79.9. The van der Waals surface area contributed by atoms with E-state index in [0.29, 0.717) is 0 Å². The van der Waals surface area contributed by atoms with E-state index in [2.05, 4.69) is 47.3 Å². The van der Waals surface area contributed by atoms with Gasteiger partial charge in [-0.3, -0.25) is 0 Å². The maximum absolute atomic E-state index is 3.99. The van der Waals surface area contributed by atoms with Gasteiger partial charge in [0.05, 0.1) is 6.20 Å². The van der Waals surface area contributed by atoms with Crippen LogP contribution < -0.4 is 0 Å². The summed E-state index contributed by atoms with van der Waals surface area (Å²) in [6.07, 6.45) is 1.69. The fraction of sp³-hybridized carbons (Fsp3) is 0. The minimum Gasteiger partial charge on any atom is -0.197 e. The van der Waals surface area contributed by atoms with Crippen molar-refractivity contribution in [3.8, 4) is 11.3 Å². The molecular weight excluding hydrogens is 298 g/mol. The lowest BCUT2D eigenvalue weighted by Gasteiger charge is -1.98. The van der Waals surface area contributed by atoms with Gasteiger partial charge in [0.1, 0.15) is 5.69 Å². The molecule has 0 unspecified atom stereocenters. The molecule has 66 valence electrons. The van der Waals surface area contributed by atoms with E-state index in [1.54, 1.807) is 6.20 Å². The molecule has 0 saturated carbocycles. The van der Waals surface area contributed by atoms with Crippen LogP contribution in [0, 0.1) is 0 Å². The molecule has 0 bridgehead atoms. The van der Waals surface area contributed by atoms with Crippen LogP contribution in [0.4, 0.5) is 0 Å². The van der Waals surface area contributed by atoms with Crippen molar-refractivity contribution in [2.24, 2.45) is 0 Å². The smallest absolute Gasteiger partial charge is 0.112 e. The molecule has 0 saturated heterocycles. The van der Waals surface area contributed by atoms with E-state index in [4.69, 9.17) is 0 Å². The first-order valence-electron chi connectivity index (χ1n) is 3.58. The summed E-state index contributed by atoms with van der Waals surface area (Å²) in [5.41, 5.74) is 1.86. The van der Waals surface area contributed by atoms with Gasteiger partial charge in [-0.2, -0.15) is 15.4 Å². The molecule has 2 rings (SSSR count). The summed E-state index contributed by atoms with van der Waals surface area (Å²) in [6.45, 7) is 0. The molecule has 1 aromatic carbocycles. The van der Waals surface area contributed by atoms with Gasteiger partial charge in [0.25, 0.3) is 0 Å². The summed E-state index contributed by atoms with van der Waals surface area (Å²) in [6, 6.07) is 5.95. The van der Waals surface area contributed by atoms with E-state index in [-0.39, 0.29) is 0 Å². The zero-order chi connectivity index (χ0) is 9.26. The van der Waals surface area contributed by atoms with Crippen molar-refractivity contribution in [2.45, 2.75) is 0 Å². The third kappa shape index (κ3) is 1.97. The zero-order valence-corrected chi connectivity index (χ0v) is 9.63. The standard InChI is InChI=1S/C8H5Br2N3/c9-6-1-5(2-7(10)3-6)8-4-11-13-12-8/h1-4H,(H,11,12,13). The Bertz CT molecular complexity index is 391. The van der Waals surface area contributed by atoms with Crippen LogP contribution in [0.15, 0.2) is 33.3 Å². The fourth-order valence-corrected chi connectivity index (χ4v) is 2.34. The Morgan fingerprint density at radius 3 is 2.31 bits per heavy atom. The summed E-state index contributed by atoms with van der Waals surface area (Å²) in [4.78, 5) is 0. The number of benzene rings is 1. The second-order valence-electron chi connectivity index (χ2n) is 2.51. The van der Waals surface area contributed by atoms with E-state index in [1.807, 2.05) is 18.2 Å². The molecule has 3 nitrogen and oxygen atoms in total. The summed E-state index contributed by atoms with van der Waals surface area (Å²) in [5.74, 6) is 0. The first-order chi connectivity index (χ1) is 6.25. The van der Waals surface area contributed by atoms with E-state index < -0.39 is 0 Å². The predicted molar refractivity (Wildman–Crippen MR) is 57.2 cm³/mol. The summed E-state index contributed by atoms with van der Waals surface area (Å²) in [7, 11) is 0. The lowest BCUT2D eigenvalue weighted by molar-refractivity contribution is 0.942. The van der Waals surface area contributed by atoms with Crippen LogP contribution in [0.3, 0.4) is 0 Å². The van der Waals surface area contributed by atoms with Crippen molar-refractivity contribution < 1.29 is 0 Å². The van der Waals surface area contributed by atoms with Crippen LogP contribution in [-0.4, -0.2) is 15.4 Å². The molecule has 0 amide bonds. The van der Waals surface area contributed by atoms with E-state index >= 15 is 0 Å². The van der Waals surface area contributed by atoms with Gasteiger partial charge in [0.15, 0.2) is 0 Å². The van der Waals surface area contributed by atoms with Gasteiger partial charge >= 0.3 is 0 Å². The molecule has 13 heavy (non-hydrogen) atoms. The summed E-state index contributed by atoms with van der Waals surface area (Å²) in [5, 5.41) is 10.3. The molecule has 0 spiro atoms. The van der Waals surface area contributed by atoms with Crippen LogP contribution in [0.25, 0.3) is 11.3 Å². The van der Waals surface area contributed by atoms with Crippen LogP contribution in [0.5, 0.6) is 0 Å². The molecule has 0 aliphatic carbocycles. The van der Waals surface area contributed by atoms with Crippen molar-refractivity contribution in [3.63, 3.8) is 0 Å². The number of H-pyrrole nitrogens is 1. The molecule has 0 aliphatic heterocycles. The number of nitrogens with one attached hydrogen (secondary N) is 1. The van der Waals surface area contributed by atoms with Crippen molar-refractivity contribution in [2.75, 3.05) is 0 Å². The van der Waals surface area contributed by atoms with Crippen molar-refractivity contribution in [3.05, 3.63) is 33.3 Å². The Labute approximate surface area is 91.8 Å². The molecule has 1 aromatic heterocycles. The van der Waals surface area contributed by atoms with Gasteiger partial charge in [-0.15, -0.1) is 0 Å². The lowest BCUT2D eigenvalue weighted by Crippen LogP contribution is -1.78. The highest BCUT2D eigenvalue weighted by molar-refractivity contribution is 9.11. The first-order valence-corrected chi connectivity index (χ1v) is 5.16. The quantitative estimate of drug-likeness (QED) is 0.880. The molecular formula is C8H5Br2N3. The molecule has 0 radical (unpaired) electrons. The molecule has 1 N–H and O–H groups in total. The van der Waals surface area contributed by atoms with Crippen LogP contribution in [-0.2, 0) is 0 Å². The Morgan fingerprint density at radius 2 is 1.77 bits per heavy atom. The highest BCUT2D eigenvalue weighted by Gasteiger charge is 2.02. The van der Waals surface area contributed by atoms with Gasteiger partial charge in [-0.1, -0.05) is 31.9 Å². The molecule has 0 atom stereocenters.